The second kappa shape index (κ2) is 6.93. The minimum atomic E-state index is -0.860. The van der Waals surface area contributed by atoms with Gasteiger partial charge in [-0.3, -0.25) is 4.79 Å². The molecule has 2 aromatic carbocycles. The first-order chi connectivity index (χ1) is 11.1. The van der Waals surface area contributed by atoms with Crippen molar-refractivity contribution in [3.8, 4) is 11.3 Å². The molecule has 116 valence electrons. The molecule has 23 heavy (non-hydrogen) atoms. The van der Waals surface area contributed by atoms with Crippen molar-refractivity contribution in [2.24, 2.45) is 0 Å². The van der Waals surface area contributed by atoms with Gasteiger partial charge in [-0.1, -0.05) is 46.3 Å². The van der Waals surface area contributed by atoms with Gasteiger partial charge in [0.25, 0.3) is 0 Å². The molecule has 3 rings (SSSR count). The number of hydrogen-bond acceptors (Lipinski definition) is 4. The first-order valence-corrected chi connectivity index (χ1v) is 8.52. The summed E-state index contributed by atoms with van der Waals surface area (Å²) in [6.07, 6.45) is -0.0378. The van der Waals surface area contributed by atoms with Gasteiger partial charge in [0.1, 0.15) is 0 Å². The van der Waals surface area contributed by atoms with Crippen molar-refractivity contribution in [3.63, 3.8) is 0 Å². The van der Waals surface area contributed by atoms with Crippen molar-refractivity contribution in [3.05, 3.63) is 63.9 Å². The van der Waals surface area contributed by atoms with Crippen LogP contribution in [-0.2, 0) is 11.2 Å². The van der Waals surface area contributed by atoms with Crippen molar-refractivity contribution in [1.82, 2.24) is 4.98 Å². The molecule has 1 aromatic heterocycles. The van der Waals surface area contributed by atoms with Gasteiger partial charge in [-0.15, -0.1) is 11.3 Å². The van der Waals surface area contributed by atoms with Crippen molar-refractivity contribution in [1.29, 1.82) is 0 Å². The molecule has 3 aromatic rings. The molecule has 6 heteroatoms. The fourth-order valence-corrected chi connectivity index (χ4v) is 3.40. The lowest BCUT2D eigenvalue weighted by Crippen LogP contribution is -1.99. The van der Waals surface area contributed by atoms with Gasteiger partial charge >= 0.3 is 5.97 Å². The topological polar surface area (TPSA) is 62.2 Å². The molecule has 0 amide bonds. The Balaban J connectivity index is 1.94. The number of thiazole rings is 1. The lowest BCUT2D eigenvalue weighted by molar-refractivity contribution is -0.136. The Hall–Kier alpha value is -2.18. The highest BCUT2D eigenvalue weighted by molar-refractivity contribution is 9.10. The molecule has 0 bridgehead atoms. The average molecular weight is 389 g/mol. The Labute approximate surface area is 146 Å². The number of aliphatic carboxylic acids is 1. The standard InChI is InChI=1S/C17H13BrN2O2S/c18-12-6-8-13(9-7-12)19-17-20-16(11-4-2-1-3-5-11)14(23-17)10-15(21)22/h1-9H,10H2,(H,19,20)(H,21,22). The third-order valence-corrected chi connectivity index (χ3v) is 4.65. The fourth-order valence-electron chi connectivity index (χ4n) is 2.14. The number of hydrogen-bond donors (Lipinski definition) is 2. The molecular formula is C17H13BrN2O2S. The van der Waals surface area contributed by atoms with E-state index in [1.54, 1.807) is 0 Å². The number of rotatable bonds is 5. The summed E-state index contributed by atoms with van der Waals surface area (Å²) in [6.45, 7) is 0. The minimum Gasteiger partial charge on any atom is -0.481 e. The Bertz CT molecular complexity index is 816. The van der Waals surface area contributed by atoms with Crippen LogP contribution in [0.5, 0.6) is 0 Å². The Morgan fingerprint density at radius 2 is 1.83 bits per heavy atom. The number of nitrogens with zero attached hydrogens (tertiary/aromatic N) is 1. The van der Waals surface area contributed by atoms with Crippen molar-refractivity contribution in [2.45, 2.75) is 6.42 Å². The molecule has 0 aliphatic rings. The summed E-state index contributed by atoms with van der Waals surface area (Å²) in [5.74, 6) is -0.860. The second-order valence-corrected chi connectivity index (χ2v) is 6.86. The molecule has 0 spiro atoms. The van der Waals surface area contributed by atoms with Gasteiger partial charge in [0.05, 0.1) is 12.1 Å². The number of nitrogens with one attached hydrogen (secondary N) is 1. The van der Waals surface area contributed by atoms with E-state index in [0.717, 1.165) is 26.3 Å². The highest BCUT2D eigenvalue weighted by atomic mass is 79.9. The predicted octanol–water partition coefficient (Wildman–Crippen LogP) is 4.94. The van der Waals surface area contributed by atoms with Crippen LogP contribution in [0.15, 0.2) is 59.1 Å². The van der Waals surface area contributed by atoms with Crippen LogP contribution in [0.25, 0.3) is 11.3 Å². The highest BCUT2D eigenvalue weighted by Gasteiger charge is 2.15. The van der Waals surface area contributed by atoms with E-state index < -0.39 is 5.97 Å². The highest BCUT2D eigenvalue weighted by Crippen LogP contribution is 2.33. The van der Waals surface area contributed by atoms with Crippen LogP contribution >= 0.6 is 27.3 Å². The maximum atomic E-state index is 11.1. The van der Waals surface area contributed by atoms with Gasteiger partial charge in [0.2, 0.25) is 0 Å². The number of halogens is 1. The predicted molar refractivity (Wildman–Crippen MR) is 96.3 cm³/mol. The maximum absolute atomic E-state index is 11.1. The van der Waals surface area contributed by atoms with E-state index in [9.17, 15) is 4.79 Å². The lowest BCUT2D eigenvalue weighted by Gasteiger charge is -2.01. The monoisotopic (exact) mass is 388 g/mol. The summed E-state index contributed by atoms with van der Waals surface area (Å²) >= 11 is 4.77. The Morgan fingerprint density at radius 3 is 2.48 bits per heavy atom. The number of benzene rings is 2. The molecule has 0 saturated carbocycles. The number of carboxylic acid groups (broad SMARTS) is 1. The first kappa shape index (κ1) is 15.7. The molecule has 0 aliphatic heterocycles. The Morgan fingerprint density at radius 1 is 1.13 bits per heavy atom. The number of carbonyl (C=O) groups is 1. The van der Waals surface area contributed by atoms with E-state index in [1.807, 2.05) is 54.6 Å². The summed E-state index contributed by atoms with van der Waals surface area (Å²) < 4.78 is 0.999. The Kier molecular flexibility index (Phi) is 4.73. The van der Waals surface area contributed by atoms with Crippen LogP contribution in [-0.4, -0.2) is 16.1 Å². The third-order valence-electron chi connectivity index (χ3n) is 3.15. The first-order valence-electron chi connectivity index (χ1n) is 6.91. The number of carboxylic acids is 1. The van der Waals surface area contributed by atoms with E-state index in [2.05, 4.69) is 26.2 Å². The van der Waals surface area contributed by atoms with Gasteiger partial charge in [-0.2, -0.15) is 0 Å². The summed E-state index contributed by atoms with van der Waals surface area (Å²) in [5, 5.41) is 13.0. The van der Waals surface area contributed by atoms with Crippen LogP contribution in [0.1, 0.15) is 4.88 Å². The van der Waals surface area contributed by atoms with E-state index in [0.29, 0.717) is 5.13 Å². The largest absolute Gasteiger partial charge is 0.481 e. The van der Waals surface area contributed by atoms with Crippen LogP contribution in [0.4, 0.5) is 10.8 Å². The summed E-state index contributed by atoms with van der Waals surface area (Å²) in [5.41, 5.74) is 2.55. The van der Waals surface area contributed by atoms with Crippen molar-refractivity contribution in [2.75, 3.05) is 5.32 Å². The molecule has 0 aliphatic carbocycles. The normalized spacial score (nSPS) is 10.5. The van der Waals surface area contributed by atoms with Gasteiger partial charge < -0.3 is 10.4 Å². The van der Waals surface area contributed by atoms with Crippen LogP contribution in [0.3, 0.4) is 0 Å². The van der Waals surface area contributed by atoms with E-state index >= 15 is 0 Å². The molecule has 0 radical (unpaired) electrons. The molecule has 0 fully saturated rings. The molecule has 2 N–H and O–H groups in total. The van der Waals surface area contributed by atoms with Gasteiger partial charge in [0, 0.05) is 20.6 Å². The van der Waals surface area contributed by atoms with E-state index in [4.69, 9.17) is 5.11 Å². The molecule has 0 unspecified atom stereocenters. The lowest BCUT2D eigenvalue weighted by atomic mass is 10.1. The van der Waals surface area contributed by atoms with E-state index in [1.165, 1.54) is 11.3 Å². The smallest absolute Gasteiger partial charge is 0.308 e. The zero-order chi connectivity index (χ0) is 16.2. The average Bonchev–Trinajstić information content (AvgIpc) is 2.92. The van der Waals surface area contributed by atoms with Gasteiger partial charge in [0.15, 0.2) is 5.13 Å². The van der Waals surface area contributed by atoms with Crippen LogP contribution in [0, 0.1) is 0 Å². The SMILES string of the molecule is O=C(O)Cc1sc(Nc2ccc(Br)cc2)nc1-c1ccccc1. The molecular weight excluding hydrogens is 376 g/mol. The molecule has 4 nitrogen and oxygen atoms in total. The third kappa shape index (κ3) is 3.97. The summed E-state index contributed by atoms with van der Waals surface area (Å²) in [7, 11) is 0. The fraction of sp³-hybridized carbons (Fsp3) is 0.0588. The summed E-state index contributed by atoms with van der Waals surface area (Å²) in [6, 6.07) is 17.4. The van der Waals surface area contributed by atoms with Gasteiger partial charge in [-0.05, 0) is 24.3 Å². The van der Waals surface area contributed by atoms with Crippen LogP contribution in [0.2, 0.25) is 0 Å². The number of anilines is 2. The second-order valence-electron chi connectivity index (χ2n) is 4.86. The van der Waals surface area contributed by atoms with Crippen molar-refractivity contribution < 1.29 is 9.90 Å². The van der Waals surface area contributed by atoms with Crippen molar-refractivity contribution >= 4 is 44.1 Å². The molecule has 1 heterocycles. The zero-order valence-corrected chi connectivity index (χ0v) is 14.4. The molecule has 0 saturated heterocycles. The summed E-state index contributed by atoms with van der Waals surface area (Å²) in [4.78, 5) is 16.4. The van der Waals surface area contributed by atoms with E-state index in [-0.39, 0.29) is 6.42 Å². The quantitative estimate of drug-likeness (QED) is 0.649. The zero-order valence-electron chi connectivity index (χ0n) is 12.0. The number of aromatic nitrogens is 1. The maximum Gasteiger partial charge on any atom is 0.308 e. The molecule has 0 atom stereocenters. The minimum absolute atomic E-state index is 0.0378. The van der Waals surface area contributed by atoms with Crippen LogP contribution < -0.4 is 5.32 Å². The van der Waals surface area contributed by atoms with Gasteiger partial charge in [-0.25, -0.2) is 4.98 Å².